The molecule has 1 aromatic rings. The minimum absolute atomic E-state index is 0.0651. The molecule has 1 aliphatic rings. The van der Waals surface area contributed by atoms with Gasteiger partial charge in [-0.2, -0.15) is 0 Å². The Morgan fingerprint density at radius 1 is 1.35 bits per heavy atom. The van der Waals surface area contributed by atoms with Crippen LogP contribution in [0.2, 0.25) is 0 Å². The van der Waals surface area contributed by atoms with Gasteiger partial charge >= 0.3 is 0 Å². The second-order valence-electron chi connectivity index (χ2n) is 4.80. The van der Waals surface area contributed by atoms with E-state index in [-0.39, 0.29) is 11.5 Å². The normalized spacial score (nSPS) is 26.6. The fourth-order valence-electron chi connectivity index (χ4n) is 2.27. The molecular formula is C12H16FNO2S. The zero-order chi connectivity index (χ0) is 12.7. The molecule has 1 fully saturated rings. The van der Waals surface area contributed by atoms with Crippen LogP contribution in [-0.2, 0) is 15.5 Å². The summed E-state index contributed by atoms with van der Waals surface area (Å²) in [5.74, 6) is -0.438. The van der Waals surface area contributed by atoms with Crippen molar-refractivity contribution in [2.45, 2.75) is 19.0 Å². The van der Waals surface area contributed by atoms with Crippen LogP contribution < -0.4 is 5.73 Å². The maximum Gasteiger partial charge on any atom is 0.150 e. The highest BCUT2D eigenvalue weighted by molar-refractivity contribution is 7.91. The van der Waals surface area contributed by atoms with Crippen molar-refractivity contribution in [1.82, 2.24) is 0 Å². The zero-order valence-electron chi connectivity index (χ0n) is 9.69. The number of sulfone groups is 1. The maximum absolute atomic E-state index is 14.7. The average molecular weight is 257 g/mol. The molecule has 0 spiro atoms. The number of nitrogen functional groups attached to an aromatic ring is 1. The summed E-state index contributed by atoms with van der Waals surface area (Å²) < 4.78 is 37.5. The summed E-state index contributed by atoms with van der Waals surface area (Å²) in [7, 11) is -3.06. The summed E-state index contributed by atoms with van der Waals surface area (Å²) in [6, 6.07) is 6.52. The average Bonchev–Trinajstić information content (AvgIpc) is 2.60. The Morgan fingerprint density at radius 2 is 1.94 bits per heavy atom. The number of nitrogens with two attached hydrogens (primary N) is 1. The predicted molar refractivity (Wildman–Crippen MR) is 66.1 cm³/mol. The molecule has 94 valence electrons. The number of benzene rings is 1. The summed E-state index contributed by atoms with van der Waals surface area (Å²) in [5, 5.41) is 0. The Labute approximate surface area is 101 Å². The van der Waals surface area contributed by atoms with Crippen molar-refractivity contribution < 1.29 is 12.8 Å². The highest BCUT2D eigenvalue weighted by Crippen LogP contribution is 2.40. The van der Waals surface area contributed by atoms with E-state index in [1.54, 1.807) is 24.3 Å². The van der Waals surface area contributed by atoms with Crippen molar-refractivity contribution in [1.29, 1.82) is 0 Å². The summed E-state index contributed by atoms with van der Waals surface area (Å²) >= 11 is 0. The van der Waals surface area contributed by atoms with Crippen LogP contribution in [0.5, 0.6) is 0 Å². The predicted octanol–water partition coefficient (Wildman–Crippen LogP) is 1.89. The number of hydrogen-bond donors (Lipinski definition) is 1. The first-order valence-electron chi connectivity index (χ1n) is 5.56. The molecule has 0 amide bonds. The van der Waals surface area contributed by atoms with E-state index in [1.165, 1.54) is 6.92 Å². The van der Waals surface area contributed by atoms with Gasteiger partial charge in [-0.15, -0.1) is 0 Å². The minimum Gasteiger partial charge on any atom is -0.399 e. The molecule has 2 unspecified atom stereocenters. The third-order valence-corrected chi connectivity index (χ3v) is 5.24. The third-order valence-electron chi connectivity index (χ3n) is 3.47. The van der Waals surface area contributed by atoms with E-state index >= 15 is 0 Å². The molecule has 2 rings (SSSR count). The lowest BCUT2D eigenvalue weighted by Crippen LogP contribution is -2.28. The molecule has 0 radical (unpaired) electrons. The summed E-state index contributed by atoms with van der Waals surface area (Å²) in [6.45, 7) is 1.45. The molecular weight excluding hydrogens is 241 g/mol. The van der Waals surface area contributed by atoms with E-state index < -0.39 is 21.4 Å². The van der Waals surface area contributed by atoms with Crippen molar-refractivity contribution in [2.24, 2.45) is 5.92 Å². The quantitative estimate of drug-likeness (QED) is 0.823. The summed E-state index contributed by atoms with van der Waals surface area (Å²) in [5.41, 5.74) is 5.00. The van der Waals surface area contributed by atoms with Crippen LogP contribution >= 0.6 is 0 Å². The third kappa shape index (κ3) is 2.44. The molecule has 2 atom stereocenters. The van der Waals surface area contributed by atoms with E-state index in [0.29, 0.717) is 17.7 Å². The summed E-state index contributed by atoms with van der Waals surface area (Å²) in [4.78, 5) is 0. The van der Waals surface area contributed by atoms with Crippen LogP contribution in [0.1, 0.15) is 18.9 Å². The lowest BCUT2D eigenvalue weighted by atomic mass is 9.84. The Bertz CT molecular complexity index is 508. The second-order valence-corrected chi connectivity index (χ2v) is 7.03. The molecule has 1 saturated heterocycles. The Kier molecular flexibility index (Phi) is 2.89. The van der Waals surface area contributed by atoms with Gasteiger partial charge in [0, 0.05) is 11.6 Å². The molecule has 0 saturated carbocycles. The van der Waals surface area contributed by atoms with Crippen LogP contribution in [0, 0.1) is 5.92 Å². The summed E-state index contributed by atoms with van der Waals surface area (Å²) in [6.07, 6.45) is 0.389. The SMILES string of the molecule is CC(F)(c1ccc(N)cc1)C1CCS(=O)(=O)C1. The number of alkyl halides is 1. The van der Waals surface area contributed by atoms with E-state index in [0.717, 1.165) is 0 Å². The fourth-order valence-corrected chi connectivity index (χ4v) is 4.17. The first-order chi connectivity index (χ1) is 7.81. The number of hydrogen-bond acceptors (Lipinski definition) is 3. The first-order valence-corrected chi connectivity index (χ1v) is 7.39. The van der Waals surface area contributed by atoms with Gasteiger partial charge in [0.2, 0.25) is 0 Å². The van der Waals surface area contributed by atoms with Crippen LogP contribution in [0.4, 0.5) is 10.1 Å². The van der Waals surface area contributed by atoms with Gasteiger partial charge in [0.05, 0.1) is 11.5 Å². The lowest BCUT2D eigenvalue weighted by Gasteiger charge is -2.27. The maximum atomic E-state index is 14.7. The molecule has 5 heteroatoms. The standard InChI is InChI=1S/C12H16FNO2S/c1-12(13,9-2-4-11(14)5-3-9)10-6-7-17(15,16)8-10/h2-5,10H,6-8,14H2,1H3. The minimum atomic E-state index is -3.06. The first kappa shape index (κ1) is 12.4. The molecule has 1 aliphatic heterocycles. The van der Waals surface area contributed by atoms with Crippen LogP contribution in [0.25, 0.3) is 0 Å². The van der Waals surface area contributed by atoms with E-state index in [4.69, 9.17) is 5.73 Å². The molecule has 0 aliphatic carbocycles. The van der Waals surface area contributed by atoms with Crippen molar-refractivity contribution >= 4 is 15.5 Å². The number of anilines is 1. The van der Waals surface area contributed by atoms with Crippen LogP contribution in [-0.4, -0.2) is 19.9 Å². The van der Waals surface area contributed by atoms with Gasteiger partial charge in [0.1, 0.15) is 5.67 Å². The van der Waals surface area contributed by atoms with E-state index in [2.05, 4.69) is 0 Å². The highest BCUT2D eigenvalue weighted by Gasteiger charge is 2.42. The van der Waals surface area contributed by atoms with Gasteiger partial charge in [0.15, 0.2) is 9.84 Å². The number of halogens is 1. The van der Waals surface area contributed by atoms with Crippen molar-refractivity contribution in [3.05, 3.63) is 29.8 Å². The van der Waals surface area contributed by atoms with E-state index in [9.17, 15) is 12.8 Å². The van der Waals surface area contributed by atoms with Gasteiger partial charge in [-0.05, 0) is 31.0 Å². The van der Waals surface area contributed by atoms with Gasteiger partial charge in [0.25, 0.3) is 0 Å². The Balaban J connectivity index is 2.27. The molecule has 1 heterocycles. The molecule has 0 aromatic heterocycles. The molecule has 2 N–H and O–H groups in total. The molecule has 3 nitrogen and oxygen atoms in total. The Hall–Kier alpha value is -1.10. The molecule has 0 bridgehead atoms. The van der Waals surface area contributed by atoms with Crippen molar-refractivity contribution in [3.63, 3.8) is 0 Å². The lowest BCUT2D eigenvalue weighted by molar-refractivity contribution is 0.116. The monoisotopic (exact) mass is 257 g/mol. The Morgan fingerprint density at radius 3 is 2.41 bits per heavy atom. The van der Waals surface area contributed by atoms with Crippen LogP contribution in [0.15, 0.2) is 24.3 Å². The van der Waals surface area contributed by atoms with Crippen molar-refractivity contribution in [2.75, 3.05) is 17.2 Å². The van der Waals surface area contributed by atoms with Crippen LogP contribution in [0.3, 0.4) is 0 Å². The molecule has 1 aromatic carbocycles. The smallest absolute Gasteiger partial charge is 0.150 e. The van der Waals surface area contributed by atoms with E-state index in [1.807, 2.05) is 0 Å². The topological polar surface area (TPSA) is 60.2 Å². The number of rotatable bonds is 2. The van der Waals surface area contributed by atoms with Gasteiger partial charge in [-0.25, -0.2) is 12.8 Å². The largest absolute Gasteiger partial charge is 0.399 e. The zero-order valence-corrected chi connectivity index (χ0v) is 10.5. The van der Waals surface area contributed by atoms with Gasteiger partial charge in [-0.3, -0.25) is 0 Å². The van der Waals surface area contributed by atoms with Gasteiger partial charge in [-0.1, -0.05) is 12.1 Å². The fraction of sp³-hybridized carbons (Fsp3) is 0.500. The van der Waals surface area contributed by atoms with Crippen molar-refractivity contribution in [3.8, 4) is 0 Å². The molecule has 17 heavy (non-hydrogen) atoms. The highest BCUT2D eigenvalue weighted by atomic mass is 32.2. The van der Waals surface area contributed by atoms with Gasteiger partial charge < -0.3 is 5.73 Å². The second kappa shape index (κ2) is 3.98.